The molecule has 0 bridgehead atoms. The van der Waals surface area contributed by atoms with Crippen LogP contribution >= 0.6 is 9.12 Å². The summed E-state index contributed by atoms with van der Waals surface area (Å²) in [5.41, 5.74) is 0. The fourth-order valence-corrected chi connectivity index (χ4v) is 0.616. The molecule has 13 heavy (non-hydrogen) atoms. The lowest BCUT2D eigenvalue weighted by Crippen LogP contribution is -2.18. The topological polar surface area (TPSA) is 76.0 Å². The summed E-state index contributed by atoms with van der Waals surface area (Å²) < 4.78 is 18.1. The van der Waals surface area contributed by atoms with Gasteiger partial charge in [-0.1, -0.05) is 0 Å². The number of rotatable bonds is 7. The smallest absolute Gasteiger partial charge is 0.138 e. The molecule has 0 amide bonds. The Morgan fingerprint density at radius 3 is 2.23 bits per heavy atom. The van der Waals surface area contributed by atoms with Gasteiger partial charge in [0.25, 0.3) is 0 Å². The van der Waals surface area contributed by atoms with Gasteiger partial charge in [-0.05, 0) is 6.92 Å². The molecule has 0 heterocycles. The highest BCUT2D eigenvalue weighted by atomic mass is 31.0. The summed E-state index contributed by atoms with van der Waals surface area (Å²) in [7, 11) is 1.72. The van der Waals surface area contributed by atoms with E-state index in [-0.39, 0.29) is 19.3 Å². The summed E-state index contributed by atoms with van der Waals surface area (Å²) in [4.78, 5) is 0. The fourth-order valence-electron chi connectivity index (χ4n) is 0.616. The third-order valence-corrected chi connectivity index (χ3v) is 1.08. The molecular weight excluding hydrogens is 195 g/mol. The van der Waals surface area contributed by atoms with Gasteiger partial charge in [-0.3, -0.25) is 4.57 Å². The van der Waals surface area contributed by atoms with Crippen LogP contribution in [0.3, 0.4) is 0 Å². The molecule has 1 unspecified atom stereocenters. The van der Waals surface area contributed by atoms with Crippen LogP contribution in [0.1, 0.15) is 6.92 Å². The second-order valence-electron chi connectivity index (χ2n) is 2.20. The first-order chi connectivity index (χ1) is 6.31. The van der Waals surface area contributed by atoms with Crippen molar-refractivity contribution in [2.45, 2.75) is 13.0 Å². The molecule has 5 nitrogen and oxygen atoms in total. The van der Waals surface area contributed by atoms with Gasteiger partial charge in [-0.25, -0.2) is 0 Å². The molecular formula is C7H17O5P. The molecule has 0 radical (unpaired) electrons. The number of aliphatic hydroxyl groups excluding tert-OH is 2. The normalized spacial score (nSPS) is 11.6. The van der Waals surface area contributed by atoms with Gasteiger partial charge in [0.2, 0.25) is 0 Å². The average molecular weight is 212 g/mol. The Morgan fingerprint density at radius 2 is 1.77 bits per heavy atom. The number of hydrogen-bond acceptors (Lipinski definition) is 5. The summed E-state index contributed by atoms with van der Waals surface area (Å²) in [6.07, 6.45) is -0.0197. The summed E-state index contributed by atoms with van der Waals surface area (Å²) in [5, 5.41) is 16.7. The predicted octanol–water partition coefficient (Wildman–Crippen LogP) is -0.133. The van der Waals surface area contributed by atoms with Crippen LogP contribution in [0.4, 0.5) is 0 Å². The molecule has 0 aliphatic heterocycles. The van der Waals surface area contributed by atoms with Crippen molar-refractivity contribution >= 4 is 9.12 Å². The van der Waals surface area contributed by atoms with E-state index in [9.17, 15) is 0 Å². The molecule has 2 N–H and O–H groups in total. The van der Waals surface area contributed by atoms with Crippen LogP contribution < -0.4 is 0 Å². The van der Waals surface area contributed by atoms with Gasteiger partial charge in [0.1, 0.15) is 9.12 Å². The van der Waals surface area contributed by atoms with Gasteiger partial charge in [-0.2, -0.15) is 0 Å². The molecule has 0 aliphatic carbocycles. The summed E-state index contributed by atoms with van der Waals surface area (Å²) in [6, 6.07) is 0. The molecule has 0 saturated heterocycles. The van der Waals surface area contributed by atoms with Crippen molar-refractivity contribution in [3.05, 3.63) is 0 Å². The summed E-state index contributed by atoms with van der Waals surface area (Å²) >= 11 is 0. The average Bonchev–Trinajstić information content (AvgIpc) is 2.18. The molecule has 0 aromatic carbocycles. The lowest BCUT2D eigenvalue weighted by molar-refractivity contribution is -0.0246. The molecule has 0 aromatic heterocycles. The lowest BCUT2D eigenvalue weighted by atomic mass is 10.4. The number of ether oxygens (including phenoxy) is 2. The van der Waals surface area contributed by atoms with Gasteiger partial charge in [0.05, 0.1) is 39.1 Å². The quantitative estimate of drug-likeness (QED) is 0.454. The van der Waals surface area contributed by atoms with Crippen LogP contribution in [-0.4, -0.2) is 49.4 Å². The highest BCUT2D eigenvalue weighted by molar-refractivity contribution is 7.00. The van der Waals surface area contributed by atoms with Crippen LogP contribution in [0.2, 0.25) is 0 Å². The van der Waals surface area contributed by atoms with Crippen molar-refractivity contribution in [3.8, 4) is 0 Å². The third kappa shape index (κ3) is 14.8. The van der Waals surface area contributed by atoms with Crippen molar-refractivity contribution in [2.24, 2.45) is 0 Å². The third-order valence-electron chi connectivity index (χ3n) is 1.08. The monoisotopic (exact) mass is 212 g/mol. The fraction of sp³-hybridized carbons (Fsp3) is 1.00. The van der Waals surface area contributed by atoms with E-state index in [1.54, 1.807) is 9.12 Å². The van der Waals surface area contributed by atoms with Gasteiger partial charge in [-0.15, -0.1) is 0 Å². The number of hydrogen-bond donors (Lipinski definition) is 2. The van der Waals surface area contributed by atoms with E-state index in [2.05, 4.69) is 0 Å². The zero-order chi connectivity index (χ0) is 10.5. The molecule has 80 valence electrons. The van der Waals surface area contributed by atoms with E-state index < -0.39 is 0 Å². The Morgan fingerprint density at radius 1 is 1.23 bits per heavy atom. The molecule has 0 fully saturated rings. The predicted molar refractivity (Wildman–Crippen MR) is 49.4 cm³/mol. The minimum atomic E-state index is -0.0197. The number of aliphatic hydroxyl groups is 2. The first-order valence-corrected chi connectivity index (χ1v) is 4.33. The van der Waals surface area contributed by atoms with E-state index in [1.807, 2.05) is 6.92 Å². The molecule has 0 saturated carbocycles. The van der Waals surface area contributed by atoms with Crippen molar-refractivity contribution in [1.82, 2.24) is 0 Å². The molecule has 6 heteroatoms. The Hall–Kier alpha value is -0.0600. The van der Waals surface area contributed by atoms with Crippen LogP contribution in [-0.2, 0) is 14.0 Å². The van der Waals surface area contributed by atoms with Crippen molar-refractivity contribution < 1.29 is 24.3 Å². The molecule has 0 spiro atoms. The van der Waals surface area contributed by atoms with Crippen LogP contribution in [0.25, 0.3) is 0 Å². The standard InChI is InChI=1S/C7H16O4.HOP/c1-7(11-5-3-9)6-10-4-2-8;1-2/h7-9H,2-6H2,1H3;2H. The van der Waals surface area contributed by atoms with Gasteiger partial charge in [0.15, 0.2) is 0 Å². The molecule has 0 aromatic rings. The minimum Gasteiger partial charge on any atom is -0.394 e. The Labute approximate surface area is 80.3 Å². The summed E-state index contributed by atoms with van der Waals surface area (Å²) in [6.45, 7) is 3.06. The first-order valence-electron chi connectivity index (χ1n) is 3.92. The van der Waals surface area contributed by atoms with Crippen molar-refractivity contribution in [3.63, 3.8) is 0 Å². The SMILES string of the molecule is CC(COCCO)OCCO.O=P. The first kappa shape index (κ1) is 15.4. The van der Waals surface area contributed by atoms with Gasteiger partial charge >= 0.3 is 0 Å². The van der Waals surface area contributed by atoms with Crippen LogP contribution in [0, 0.1) is 0 Å². The highest BCUT2D eigenvalue weighted by Crippen LogP contribution is 1.90. The van der Waals surface area contributed by atoms with Crippen molar-refractivity contribution in [1.29, 1.82) is 0 Å². The highest BCUT2D eigenvalue weighted by Gasteiger charge is 2.00. The van der Waals surface area contributed by atoms with Crippen LogP contribution in [0.15, 0.2) is 0 Å². The second-order valence-corrected chi connectivity index (χ2v) is 2.20. The Kier molecular flexibility index (Phi) is 17.1. The maximum Gasteiger partial charge on any atom is 0.138 e. The van der Waals surface area contributed by atoms with Crippen molar-refractivity contribution in [2.75, 3.05) is 33.0 Å². The zero-order valence-electron chi connectivity index (χ0n) is 7.73. The molecule has 1 atom stereocenters. The maximum absolute atomic E-state index is 8.38. The van der Waals surface area contributed by atoms with E-state index in [1.165, 1.54) is 0 Å². The van der Waals surface area contributed by atoms with E-state index >= 15 is 0 Å². The minimum absolute atomic E-state index is 0.0197. The Balaban J connectivity index is 0. The maximum atomic E-state index is 8.38. The summed E-state index contributed by atoms with van der Waals surface area (Å²) in [5.74, 6) is 0. The second kappa shape index (κ2) is 14.5. The lowest BCUT2D eigenvalue weighted by Gasteiger charge is -2.11. The van der Waals surface area contributed by atoms with E-state index in [4.69, 9.17) is 24.3 Å². The largest absolute Gasteiger partial charge is 0.394 e. The molecule has 0 rings (SSSR count). The van der Waals surface area contributed by atoms with Gasteiger partial charge < -0.3 is 19.7 Å². The van der Waals surface area contributed by atoms with E-state index in [0.29, 0.717) is 19.8 Å². The molecule has 0 aliphatic rings. The van der Waals surface area contributed by atoms with E-state index in [0.717, 1.165) is 0 Å². The zero-order valence-corrected chi connectivity index (χ0v) is 8.73. The Bertz CT molecular complexity index is 93.0. The van der Waals surface area contributed by atoms with Crippen LogP contribution in [0.5, 0.6) is 0 Å². The van der Waals surface area contributed by atoms with Gasteiger partial charge in [0, 0.05) is 0 Å².